The molecule has 1 rings (SSSR count). The number of halogens is 1. The fraction of sp³-hybridized carbons (Fsp3) is 1.00. The molecule has 0 amide bonds. The molecule has 4 nitrogen and oxygen atoms in total. The maximum absolute atomic E-state index is 11.4. The van der Waals surface area contributed by atoms with Crippen LogP contribution in [0.1, 0.15) is 26.2 Å². The summed E-state index contributed by atoms with van der Waals surface area (Å²) in [6, 6.07) is 0. The smallest absolute Gasteiger partial charge is 0.150 e. The Bertz CT molecular complexity index is 455. The van der Waals surface area contributed by atoms with Crippen LogP contribution in [0.15, 0.2) is 0 Å². The summed E-state index contributed by atoms with van der Waals surface area (Å²) in [5.74, 6) is 1.44. The van der Waals surface area contributed by atoms with E-state index in [1.54, 1.807) is 6.92 Å². The standard InChI is InChI=1S/C11H21ClO4S2/c1-2-17(13,14)6-3-4-10(8-12)11-5-7-18(15,16)9-11/h10-11H,2-9H2,1H3. The van der Waals surface area contributed by atoms with Gasteiger partial charge in [-0.05, 0) is 31.1 Å². The molecular weight excluding hydrogens is 296 g/mol. The second kappa shape index (κ2) is 6.57. The Kier molecular flexibility index (Phi) is 5.93. The Morgan fingerprint density at radius 3 is 2.50 bits per heavy atom. The van der Waals surface area contributed by atoms with Gasteiger partial charge in [0.25, 0.3) is 0 Å². The SMILES string of the molecule is CCS(=O)(=O)CCCC(CCl)C1CCS(=O)(=O)C1. The second-order valence-corrected chi connectivity index (χ2v) is 9.97. The average Bonchev–Trinajstić information content (AvgIpc) is 2.65. The van der Waals surface area contributed by atoms with Crippen LogP contribution in [0, 0.1) is 11.8 Å². The van der Waals surface area contributed by atoms with Gasteiger partial charge in [-0.15, -0.1) is 11.6 Å². The zero-order chi connectivity index (χ0) is 13.8. The van der Waals surface area contributed by atoms with Crippen LogP contribution in [-0.2, 0) is 19.7 Å². The quantitative estimate of drug-likeness (QED) is 0.667. The van der Waals surface area contributed by atoms with Gasteiger partial charge in [-0.2, -0.15) is 0 Å². The summed E-state index contributed by atoms with van der Waals surface area (Å²) in [6.07, 6.45) is 1.94. The van der Waals surface area contributed by atoms with Gasteiger partial charge in [0.1, 0.15) is 9.84 Å². The van der Waals surface area contributed by atoms with Crippen molar-refractivity contribution in [3.63, 3.8) is 0 Å². The van der Waals surface area contributed by atoms with Crippen molar-refractivity contribution < 1.29 is 16.8 Å². The Labute approximate surface area is 115 Å². The minimum atomic E-state index is -2.93. The van der Waals surface area contributed by atoms with E-state index in [0.29, 0.717) is 25.1 Å². The van der Waals surface area contributed by atoms with E-state index in [1.807, 2.05) is 0 Å². The van der Waals surface area contributed by atoms with Gasteiger partial charge in [0.2, 0.25) is 0 Å². The predicted octanol–water partition coefficient (Wildman–Crippen LogP) is 1.49. The first-order valence-electron chi connectivity index (χ1n) is 6.26. The summed E-state index contributed by atoms with van der Waals surface area (Å²) in [5.41, 5.74) is 0. The maximum atomic E-state index is 11.4. The molecule has 0 aliphatic carbocycles. The van der Waals surface area contributed by atoms with Gasteiger partial charge in [-0.25, -0.2) is 16.8 Å². The van der Waals surface area contributed by atoms with Crippen molar-refractivity contribution in [2.45, 2.75) is 26.2 Å². The Hall–Kier alpha value is 0.190. The van der Waals surface area contributed by atoms with Crippen molar-refractivity contribution in [1.82, 2.24) is 0 Å². The van der Waals surface area contributed by atoms with Crippen molar-refractivity contribution in [2.24, 2.45) is 11.8 Å². The molecule has 0 N–H and O–H groups in total. The molecule has 1 heterocycles. The number of sulfone groups is 2. The molecule has 1 aliphatic heterocycles. The fourth-order valence-corrected chi connectivity index (χ4v) is 5.57. The van der Waals surface area contributed by atoms with Crippen LogP contribution in [0.25, 0.3) is 0 Å². The third-order valence-corrected chi connectivity index (χ3v) is 7.58. The van der Waals surface area contributed by atoms with Crippen LogP contribution >= 0.6 is 11.6 Å². The van der Waals surface area contributed by atoms with Gasteiger partial charge in [0.15, 0.2) is 9.84 Å². The van der Waals surface area contributed by atoms with E-state index >= 15 is 0 Å². The first-order valence-corrected chi connectivity index (χ1v) is 10.4. The highest BCUT2D eigenvalue weighted by molar-refractivity contribution is 7.91. The van der Waals surface area contributed by atoms with Gasteiger partial charge in [0, 0.05) is 11.6 Å². The number of hydrogen-bond acceptors (Lipinski definition) is 4. The van der Waals surface area contributed by atoms with Crippen molar-refractivity contribution in [1.29, 1.82) is 0 Å². The topological polar surface area (TPSA) is 68.3 Å². The van der Waals surface area contributed by atoms with Crippen LogP contribution in [0.5, 0.6) is 0 Å². The lowest BCUT2D eigenvalue weighted by atomic mass is 9.90. The van der Waals surface area contributed by atoms with Gasteiger partial charge in [0.05, 0.1) is 17.3 Å². The minimum Gasteiger partial charge on any atom is -0.229 e. The average molecular weight is 317 g/mol. The Morgan fingerprint density at radius 2 is 2.06 bits per heavy atom. The van der Waals surface area contributed by atoms with Gasteiger partial charge in [-0.1, -0.05) is 6.92 Å². The molecule has 0 aromatic carbocycles. The highest BCUT2D eigenvalue weighted by Gasteiger charge is 2.33. The second-order valence-electron chi connectivity index (χ2n) is 4.96. The molecule has 108 valence electrons. The molecule has 0 radical (unpaired) electrons. The van der Waals surface area contributed by atoms with E-state index in [1.165, 1.54) is 0 Å². The third kappa shape index (κ3) is 5.05. The van der Waals surface area contributed by atoms with Crippen LogP contribution in [0.4, 0.5) is 0 Å². The van der Waals surface area contributed by atoms with E-state index in [0.717, 1.165) is 0 Å². The van der Waals surface area contributed by atoms with Gasteiger partial charge in [-0.3, -0.25) is 0 Å². The van der Waals surface area contributed by atoms with Crippen LogP contribution < -0.4 is 0 Å². The maximum Gasteiger partial charge on any atom is 0.150 e. The molecule has 0 aromatic rings. The molecule has 0 aromatic heterocycles. The van der Waals surface area contributed by atoms with E-state index < -0.39 is 19.7 Å². The summed E-state index contributed by atoms with van der Waals surface area (Å²) in [4.78, 5) is 0. The molecule has 0 saturated carbocycles. The first-order chi connectivity index (χ1) is 8.29. The van der Waals surface area contributed by atoms with Gasteiger partial charge >= 0.3 is 0 Å². The fourth-order valence-electron chi connectivity index (χ4n) is 2.34. The van der Waals surface area contributed by atoms with Crippen LogP contribution in [0.2, 0.25) is 0 Å². The molecule has 1 saturated heterocycles. The summed E-state index contributed by atoms with van der Waals surface area (Å²) in [6.45, 7) is 1.64. The summed E-state index contributed by atoms with van der Waals surface area (Å²) < 4.78 is 45.5. The first kappa shape index (κ1) is 16.2. The van der Waals surface area contributed by atoms with E-state index in [4.69, 9.17) is 11.6 Å². The molecule has 0 bridgehead atoms. The molecule has 7 heteroatoms. The zero-order valence-electron chi connectivity index (χ0n) is 10.6. The lowest BCUT2D eigenvalue weighted by Gasteiger charge is -2.19. The van der Waals surface area contributed by atoms with E-state index in [9.17, 15) is 16.8 Å². The molecule has 2 unspecified atom stereocenters. The number of alkyl halides is 1. The minimum absolute atomic E-state index is 0.108. The van der Waals surface area contributed by atoms with Crippen molar-refractivity contribution in [3.8, 4) is 0 Å². The summed E-state index contributed by atoms with van der Waals surface area (Å²) in [7, 11) is -5.82. The van der Waals surface area contributed by atoms with Crippen molar-refractivity contribution in [3.05, 3.63) is 0 Å². The normalized spacial score (nSPS) is 25.1. The van der Waals surface area contributed by atoms with Crippen molar-refractivity contribution in [2.75, 3.05) is 28.9 Å². The van der Waals surface area contributed by atoms with Crippen LogP contribution in [0.3, 0.4) is 0 Å². The summed E-state index contributed by atoms with van der Waals surface area (Å²) in [5, 5.41) is 0. The number of hydrogen-bond donors (Lipinski definition) is 0. The third-order valence-electron chi connectivity index (χ3n) is 3.60. The highest BCUT2D eigenvalue weighted by Crippen LogP contribution is 2.30. The lowest BCUT2D eigenvalue weighted by Crippen LogP contribution is -2.19. The molecule has 2 atom stereocenters. The number of rotatable bonds is 7. The molecule has 18 heavy (non-hydrogen) atoms. The predicted molar refractivity (Wildman–Crippen MR) is 74.5 cm³/mol. The lowest BCUT2D eigenvalue weighted by molar-refractivity contribution is 0.373. The highest BCUT2D eigenvalue weighted by atomic mass is 35.5. The zero-order valence-corrected chi connectivity index (χ0v) is 13.0. The summed E-state index contributed by atoms with van der Waals surface area (Å²) >= 11 is 5.88. The van der Waals surface area contributed by atoms with E-state index in [-0.39, 0.29) is 34.8 Å². The molecular formula is C11H21ClO4S2. The monoisotopic (exact) mass is 316 g/mol. The Balaban J connectivity index is 2.44. The molecule has 1 aliphatic rings. The largest absolute Gasteiger partial charge is 0.229 e. The van der Waals surface area contributed by atoms with Crippen LogP contribution in [-0.4, -0.2) is 45.7 Å². The Morgan fingerprint density at radius 1 is 1.39 bits per heavy atom. The van der Waals surface area contributed by atoms with E-state index in [2.05, 4.69) is 0 Å². The van der Waals surface area contributed by atoms with Crippen molar-refractivity contribution >= 4 is 31.3 Å². The molecule has 0 spiro atoms. The molecule has 1 fully saturated rings. The van der Waals surface area contributed by atoms with Gasteiger partial charge < -0.3 is 0 Å².